The predicted molar refractivity (Wildman–Crippen MR) is 109 cm³/mol. The molecule has 2 saturated heterocycles. The van der Waals surface area contributed by atoms with Gasteiger partial charge in [0.25, 0.3) is 0 Å². The number of ether oxygens (including phenoxy) is 1. The summed E-state index contributed by atoms with van der Waals surface area (Å²) in [6.07, 6.45) is 1.22. The first kappa shape index (κ1) is 18.6. The van der Waals surface area contributed by atoms with Gasteiger partial charge in [0.15, 0.2) is 0 Å². The van der Waals surface area contributed by atoms with Gasteiger partial charge in [-0.1, -0.05) is 36.4 Å². The first-order chi connectivity index (χ1) is 13.2. The molecule has 2 aliphatic heterocycles. The fourth-order valence-electron chi connectivity index (χ4n) is 5.05. The molecule has 0 spiro atoms. The minimum absolute atomic E-state index is 0.283. The Balaban J connectivity index is 1.52. The van der Waals surface area contributed by atoms with Gasteiger partial charge in [-0.15, -0.1) is 0 Å². The molecule has 2 unspecified atom stereocenters. The van der Waals surface area contributed by atoms with Crippen LogP contribution in [0.15, 0.2) is 48.5 Å². The monoisotopic (exact) mass is 365 g/mol. The molecule has 2 fully saturated rings. The van der Waals surface area contributed by atoms with Crippen molar-refractivity contribution >= 4 is 0 Å². The van der Waals surface area contributed by atoms with E-state index in [2.05, 4.69) is 65.3 Å². The topological polar surface area (TPSA) is 28.6 Å². The normalized spacial score (nSPS) is 26.2. The van der Waals surface area contributed by atoms with Crippen LogP contribution in [0.3, 0.4) is 0 Å². The molecule has 1 aromatic carbocycles. The van der Waals surface area contributed by atoms with E-state index in [-0.39, 0.29) is 5.41 Å². The third-order valence-corrected chi connectivity index (χ3v) is 6.41. The van der Waals surface area contributed by atoms with E-state index in [0.29, 0.717) is 5.92 Å². The minimum atomic E-state index is 0.283. The highest BCUT2D eigenvalue weighted by Gasteiger charge is 2.50. The van der Waals surface area contributed by atoms with Gasteiger partial charge in [-0.25, -0.2) is 0 Å². The van der Waals surface area contributed by atoms with Crippen LogP contribution < -0.4 is 0 Å². The molecule has 4 nitrogen and oxygen atoms in total. The highest BCUT2D eigenvalue weighted by Crippen LogP contribution is 2.45. The van der Waals surface area contributed by atoms with Gasteiger partial charge in [-0.05, 0) is 43.5 Å². The molecule has 3 heterocycles. The summed E-state index contributed by atoms with van der Waals surface area (Å²) in [5.41, 5.74) is 4.10. The fraction of sp³-hybridized carbons (Fsp3) is 0.522. The van der Waals surface area contributed by atoms with Gasteiger partial charge in [-0.3, -0.25) is 14.8 Å². The lowest BCUT2D eigenvalue weighted by Crippen LogP contribution is -2.49. The molecule has 0 saturated carbocycles. The summed E-state index contributed by atoms with van der Waals surface area (Å²) in [7, 11) is 1.80. The molecule has 4 heteroatoms. The first-order valence-electron chi connectivity index (χ1n) is 10.1. The molecule has 2 aromatic rings. The van der Waals surface area contributed by atoms with Gasteiger partial charge in [0.2, 0.25) is 0 Å². The number of methoxy groups -OCH3 is 1. The number of piperidine rings is 1. The van der Waals surface area contributed by atoms with Crippen LogP contribution in [0.25, 0.3) is 0 Å². The summed E-state index contributed by atoms with van der Waals surface area (Å²) in [5.74, 6) is 0.662. The van der Waals surface area contributed by atoms with Crippen LogP contribution in [0.5, 0.6) is 0 Å². The van der Waals surface area contributed by atoms with E-state index in [4.69, 9.17) is 9.72 Å². The molecule has 27 heavy (non-hydrogen) atoms. The number of hydrogen-bond donors (Lipinski definition) is 0. The van der Waals surface area contributed by atoms with Crippen molar-refractivity contribution in [2.45, 2.75) is 25.3 Å². The number of rotatable bonds is 6. The van der Waals surface area contributed by atoms with Crippen molar-refractivity contribution in [1.29, 1.82) is 0 Å². The molecule has 144 valence electrons. The molecule has 0 radical (unpaired) electrons. The Morgan fingerprint density at radius 1 is 1.07 bits per heavy atom. The lowest BCUT2D eigenvalue weighted by atomic mass is 9.68. The van der Waals surface area contributed by atoms with E-state index in [0.717, 1.165) is 51.6 Å². The highest BCUT2D eigenvalue weighted by molar-refractivity contribution is 5.30. The zero-order valence-corrected chi connectivity index (χ0v) is 16.6. The summed E-state index contributed by atoms with van der Waals surface area (Å²) >= 11 is 0. The maximum atomic E-state index is 5.35. The molecular weight excluding hydrogens is 334 g/mol. The summed E-state index contributed by atoms with van der Waals surface area (Å²) < 4.78 is 5.35. The van der Waals surface area contributed by atoms with E-state index >= 15 is 0 Å². The van der Waals surface area contributed by atoms with Crippen molar-refractivity contribution in [3.05, 3.63) is 65.5 Å². The molecule has 0 aliphatic carbocycles. The molecule has 2 atom stereocenters. The number of fused-ring (bicyclic) bond motifs is 1. The summed E-state index contributed by atoms with van der Waals surface area (Å²) in [4.78, 5) is 9.93. The van der Waals surface area contributed by atoms with Crippen LogP contribution in [-0.2, 0) is 16.7 Å². The van der Waals surface area contributed by atoms with Crippen molar-refractivity contribution in [1.82, 2.24) is 14.8 Å². The Bertz CT molecular complexity index is 750. The lowest BCUT2D eigenvalue weighted by molar-refractivity contribution is 0.116. The third-order valence-electron chi connectivity index (χ3n) is 6.41. The van der Waals surface area contributed by atoms with Crippen LogP contribution in [0.4, 0.5) is 0 Å². The Morgan fingerprint density at radius 2 is 1.89 bits per heavy atom. The summed E-state index contributed by atoms with van der Waals surface area (Å²) in [6.45, 7) is 9.48. The number of aromatic nitrogens is 1. The first-order valence-corrected chi connectivity index (χ1v) is 10.1. The van der Waals surface area contributed by atoms with Gasteiger partial charge in [-0.2, -0.15) is 0 Å². The molecule has 0 amide bonds. The number of hydrogen-bond acceptors (Lipinski definition) is 4. The molecular formula is C23H31N3O. The van der Waals surface area contributed by atoms with Crippen LogP contribution >= 0.6 is 0 Å². The van der Waals surface area contributed by atoms with E-state index in [1.807, 2.05) is 0 Å². The third kappa shape index (κ3) is 3.93. The van der Waals surface area contributed by atoms with E-state index in [1.54, 1.807) is 7.11 Å². The second-order valence-corrected chi connectivity index (χ2v) is 8.20. The second kappa shape index (κ2) is 8.09. The highest BCUT2D eigenvalue weighted by atomic mass is 16.5. The molecule has 2 aliphatic rings. The van der Waals surface area contributed by atoms with Gasteiger partial charge in [0.05, 0.1) is 12.3 Å². The summed E-state index contributed by atoms with van der Waals surface area (Å²) in [6, 6.07) is 17.6. The standard InChI is InChI=1S/C23H31N3O/c1-19-7-6-10-22(24-19)17-25-12-11-23(20-8-4-3-5-9-20)18-26(13-14-27-2)16-21(23)15-25/h3-10,21H,11-18H2,1-2H3. The van der Waals surface area contributed by atoms with Gasteiger partial charge in [0, 0.05) is 50.9 Å². The SMILES string of the molecule is COCCN1CC2CN(Cc3cccc(C)n3)CCC2(c2ccccc2)C1. The molecule has 4 rings (SSSR count). The van der Waals surface area contributed by atoms with Crippen LogP contribution in [0.1, 0.15) is 23.4 Å². The van der Waals surface area contributed by atoms with E-state index in [9.17, 15) is 0 Å². The molecule has 1 aromatic heterocycles. The van der Waals surface area contributed by atoms with Gasteiger partial charge in [0.1, 0.15) is 0 Å². The van der Waals surface area contributed by atoms with E-state index in [1.165, 1.54) is 17.7 Å². The number of nitrogens with zero attached hydrogens (tertiary/aromatic N) is 3. The summed E-state index contributed by atoms with van der Waals surface area (Å²) in [5, 5.41) is 0. The Hall–Kier alpha value is -1.75. The molecule has 0 N–H and O–H groups in total. The zero-order valence-electron chi connectivity index (χ0n) is 16.6. The van der Waals surface area contributed by atoms with Crippen molar-refractivity contribution < 1.29 is 4.74 Å². The predicted octanol–water partition coefficient (Wildman–Crippen LogP) is 3.11. The van der Waals surface area contributed by atoms with Crippen LogP contribution in [-0.4, -0.2) is 61.2 Å². The Morgan fingerprint density at radius 3 is 2.67 bits per heavy atom. The average Bonchev–Trinajstić information content (AvgIpc) is 3.06. The van der Waals surface area contributed by atoms with Crippen molar-refractivity contribution in [3.63, 3.8) is 0 Å². The second-order valence-electron chi connectivity index (χ2n) is 8.20. The maximum Gasteiger partial charge on any atom is 0.0589 e. The van der Waals surface area contributed by atoms with Crippen molar-refractivity contribution in [2.75, 3.05) is 46.4 Å². The molecule has 0 bridgehead atoms. The smallest absolute Gasteiger partial charge is 0.0589 e. The van der Waals surface area contributed by atoms with Crippen molar-refractivity contribution in [2.24, 2.45) is 5.92 Å². The van der Waals surface area contributed by atoms with Crippen LogP contribution in [0, 0.1) is 12.8 Å². The van der Waals surface area contributed by atoms with Gasteiger partial charge >= 0.3 is 0 Å². The quantitative estimate of drug-likeness (QED) is 0.786. The number of aryl methyl sites for hydroxylation is 1. The van der Waals surface area contributed by atoms with Crippen molar-refractivity contribution in [3.8, 4) is 0 Å². The number of pyridine rings is 1. The average molecular weight is 366 g/mol. The van der Waals surface area contributed by atoms with Gasteiger partial charge < -0.3 is 4.74 Å². The minimum Gasteiger partial charge on any atom is -0.383 e. The largest absolute Gasteiger partial charge is 0.383 e. The number of likely N-dealkylation sites (tertiary alicyclic amines) is 2. The Kier molecular flexibility index (Phi) is 5.58. The number of benzene rings is 1. The maximum absolute atomic E-state index is 5.35. The Labute approximate surface area is 163 Å². The fourth-order valence-corrected chi connectivity index (χ4v) is 5.05. The zero-order chi connectivity index (χ0) is 18.7. The van der Waals surface area contributed by atoms with E-state index < -0.39 is 0 Å². The van der Waals surface area contributed by atoms with Crippen LogP contribution in [0.2, 0.25) is 0 Å². The lowest BCUT2D eigenvalue weighted by Gasteiger charge is -2.44.